The van der Waals surface area contributed by atoms with E-state index < -0.39 is 0 Å². The lowest BCUT2D eigenvalue weighted by Gasteiger charge is -2.42. The largest absolute Gasteiger partial charge is 0.507 e. The Kier molecular flexibility index (Phi) is 5.80. The highest BCUT2D eigenvalue weighted by Crippen LogP contribution is 2.60. The summed E-state index contributed by atoms with van der Waals surface area (Å²) in [5.74, 6) is -0.339. The summed E-state index contributed by atoms with van der Waals surface area (Å²) in [6.07, 6.45) is 7.18. The third-order valence-electron chi connectivity index (χ3n) is 8.37. The van der Waals surface area contributed by atoms with E-state index in [-0.39, 0.29) is 46.2 Å². The minimum absolute atomic E-state index is 0.109. The molecule has 0 bridgehead atoms. The van der Waals surface area contributed by atoms with Crippen molar-refractivity contribution < 1.29 is 30.6 Å². The Morgan fingerprint density at radius 3 is 2.46 bits per heavy atom. The van der Waals surface area contributed by atoms with Crippen LogP contribution < -0.4 is 0 Å². The summed E-state index contributed by atoms with van der Waals surface area (Å²) in [5, 5.41) is 62.5. The summed E-state index contributed by atoms with van der Waals surface area (Å²) in [7, 11) is 0. The summed E-state index contributed by atoms with van der Waals surface area (Å²) >= 11 is 0. The molecule has 3 atom stereocenters. The van der Waals surface area contributed by atoms with E-state index in [1.54, 1.807) is 24.3 Å². The summed E-state index contributed by atoms with van der Waals surface area (Å²) < 4.78 is 0. The molecule has 6 heteroatoms. The average Bonchev–Trinajstić information content (AvgIpc) is 3.18. The number of fused-ring (bicyclic) bond motifs is 3. The van der Waals surface area contributed by atoms with Gasteiger partial charge in [-0.1, -0.05) is 31.6 Å². The number of hydrogen-bond donors (Lipinski definition) is 6. The molecular formula is C29H32O6. The van der Waals surface area contributed by atoms with Crippen LogP contribution in [0, 0.1) is 11.8 Å². The first-order valence-electron chi connectivity index (χ1n) is 12.4. The van der Waals surface area contributed by atoms with E-state index in [9.17, 15) is 30.6 Å². The number of benzene rings is 3. The lowest BCUT2D eigenvalue weighted by atomic mass is 9.61. The van der Waals surface area contributed by atoms with Gasteiger partial charge in [0.05, 0.1) is 5.39 Å². The number of aliphatic hydroxyl groups is 1. The van der Waals surface area contributed by atoms with E-state index >= 15 is 0 Å². The first kappa shape index (κ1) is 23.4. The van der Waals surface area contributed by atoms with Gasteiger partial charge in [0, 0.05) is 12.0 Å². The smallest absolute Gasteiger partial charge is 0.169 e. The van der Waals surface area contributed by atoms with E-state index in [0.717, 1.165) is 54.4 Å². The van der Waals surface area contributed by atoms with Crippen LogP contribution in [0.5, 0.6) is 28.7 Å². The molecule has 184 valence electrons. The van der Waals surface area contributed by atoms with Crippen molar-refractivity contribution in [2.24, 2.45) is 11.8 Å². The predicted octanol–water partition coefficient (Wildman–Crippen LogP) is 5.76. The molecule has 2 aliphatic carbocycles. The lowest BCUT2D eigenvalue weighted by molar-refractivity contribution is 0.220. The zero-order valence-corrected chi connectivity index (χ0v) is 19.8. The Bertz CT molecular complexity index is 1330. The molecule has 0 heterocycles. The molecule has 6 nitrogen and oxygen atoms in total. The van der Waals surface area contributed by atoms with Gasteiger partial charge in [-0.25, -0.2) is 0 Å². The fraction of sp³-hybridized carbons (Fsp3) is 0.379. The van der Waals surface area contributed by atoms with Crippen molar-refractivity contribution in [1.29, 1.82) is 0 Å². The van der Waals surface area contributed by atoms with E-state index in [1.165, 1.54) is 6.07 Å². The lowest BCUT2D eigenvalue weighted by Crippen LogP contribution is -2.35. The van der Waals surface area contributed by atoms with Crippen molar-refractivity contribution in [3.8, 4) is 28.7 Å². The van der Waals surface area contributed by atoms with E-state index in [4.69, 9.17) is 0 Å². The molecule has 1 spiro atoms. The van der Waals surface area contributed by atoms with E-state index in [2.05, 4.69) is 6.92 Å². The van der Waals surface area contributed by atoms with Crippen LogP contribution >= 0.6 is 0 Å². The maximum atomic E-state index is 10.5. The fourth-order valence-electron chi connectivity index (χ4n) is 6.94. The average molecular weight is 477 g/mol. The zero-order chi connectivity index (χ0) is 24.9. The van der Waals surface area contributed by atoms with Crippen LogP contribution in [0.1, 0.15) is 62.1 Å². The van der Waals surface area contributed by atoms with E-state index in [1.807, 2.05) is 12.1 Å². The van der Waals surface area contributed by atoms with Crippen LogP contribution in [-0.2, 0) is 5.41 Å². The Hall–Kier alpha value is -3.38. The summed E-state index contributed by atoms with van der Waals surface area (Å²) in [5.41, 5.74) is 3.22. The molecule has 1 fully saturated rings. The molecule has 5 rings (SSSR count). The van der Waals surface area contributed by atoms with Gasteiger partial charge in [-0.05, 0) is 95.9 Å². The van der Waals surface area contributed by atoms with Gasteiger partial charge in [0.25, 0.3) is 0 Å². The normalized spacial score (nSPS) is 23.5. The molecule has 2 aliphatic rings. The SMILES string of the molecule is CCC1C(CCCO)CCC12CC(c1cc(O)c(O)c3c(O)cccc13)=Cc1cc(O)c(O)cc12. The molecule has 6 N–H and O–H groups in total. The van der Waals surface area contributed by atoms with Crippen LogP contribution in [0.2, 0.25) is 0 Å². The van der Waals surface area contributed by atoms with Crippen molar-refractivity contribution in [3.05, 3.63) is 53.1 Å². The number of allylic oxidation sites excluding steroid dienone is 1. The Morgan fingerprint density at radius 2 is 1.71 bits per heavy atom. The molecule has 35 heavy (non-hydrogen) atoms. The first-order chi connectivity index (χ1) is 16.8. The Balaban J connectivity index is 1.74. The zero-order valence-electron chi connectivity index (χ0n) is 19.8. The highest BCUT2D eigenvalue weighted by Gasteiger charge is 2.50. The number of hydrogen-bond acceptors (Lipinski definition) is 6. The van der Waals surface area contributed by atoms with Crippen molar-refractivity contribution in [2.45, 2.75) is 50.9 Å². The second kappa shape index (κ2) is 8.68. The van der Waals surface area contributed by atoms with E-state index in [0.29, 0.717) is 23.6 Å². The van der Waals surface area contributed by atoms with Gasteiger partial charge < -0.3 is 30.6 Å². The molecule has 0 aromatic heterocycles. The Labute approximate surface area is 204 Å². The quantitative estimate of drug-likeness (QED) is 0.261. The minimum Gasteiger partial charge on any atom is -0.507 e. The number of rotatable bonds is 5. The van der Waals surface area contributed by atoms with Gasteiger partial charge in [0.1, 0.15) is 5.75 Å². The van der Waals surface area contributed by atoms with Crippen molar-refractivity contribution in [2.75, 3.05) is 6.61 Å². The molecule has 1 saturated carbocycles. The van der Waals surface area contributed by atoms with Crippen LogP contribution in [0.25, 0.3) is 22.4 Å². The van der Waals surface area contributed by atoms with Gasteiger partial charge in [-0.2, -0.15) is 0 Å². The molecule has 3 aromatic carbocycles. The van der Waals surface area contributed by atoms with Crippen molar-refractivity contribution >= 4 is 22.4 Å². The molecule has 3 unspecified atom stereocenters. The van der Waals surface area contributed by atoms with Crippen LogP contribution in [0.3, 0.4) is 0 Å². The van der Waals surface area contributed by atoms with Crippen molar-refractivity contribution in [1.82, 2.24) is 0 Å². The van der Waals surface area contributed by atoms with Gasteiger partial charge in [0.2, 0.25) is 0 Å². The highest BCUT2D eigenvalue weighted by molar-refractivity contribution is 6.05. The third kappa shape index (κ3) is 3.59. The van der Waals surface area contributed by atoms with Crippen LogP contribution in [0.15, 0.2) is 36.4 Å². The predicted molar refractivity (Wildman–Crippen MR) is 136 cm³/mol. The Morgan fingerprint density at radius 1 is 0.943 bits per heavy atom. The van der Waals surface area contributed by atoms with Crippen LogP contribution in [0.4, 0.5) is 0 Å². The first-order valence-corrected chi connectivity index (χ1v) is 12.4. The maximum absolute atomic E-state index is 10.5. The minimum atomic E-state index is -0.354. The number of phenolic OH excluding ortho intramolecular Hbond substituents is 5. The highest BCUT2D eigenvalue weighted by atomic mass is 16.3. The maximum Gasteiger partial charge on any atom is 0.169 e. The van der Waals surface area contributed by atoms with Gasteiger partial charge in [-0.3, -0.25) is 0 Å². The van der Waals surface area contributed by atoms with Gasteiger partial charge in [-0.15, -0.1) is 0 Å². The summed E-state index contributed by atoms with van der Waals surface area (Å²) in [4.78, 5) is 0. The molecule has 3 aromatic rings. The standard InChI is InChI=1S/C29H32O6/c1-2-21-16(5-4-10-30)8-9-29(21)15-18(11-17-12-24(32)25(33)14-22(17)29)20-13-26(34)28(35)27-19(20)6-3-7-23(27)31/h3,6-7,11-14,16,21,30-35H,2,4-5,8-10,15H2,1H3. The number of aliphatic hydroxyl groups excluding tert-OH is 1. The second-order valence-electron chi connectivity index (χ2n) is 10.1. The second-order valence-corrected chi connectivity index (χ2v) is 10.1. The van der Waals surface area contributed by atoms with Crippen LogP contribution in [-0.4, -0.2) is 37.2 Å². The number of aromatic hydroxyl groups is 5. The molecule has 0 saturated heterocycles. The van der Waals surface area contributed by atoms with Gasteiger partial charge >= 0.3 is 0 Å². The molecular weight excluding hydrogens is 444 g/mol. The number of phenols is 5. The fourth-order valence-corrected chi connectivity index (χ4v) is 6.94. The molecule has 0 amide bonds. The molecule has 0 radical (unpaired) electrons. The monoisotopic (exact) mass is 476 g/mol. The topological polar surface area (TPSA) is 121 Å². The molecule has 0 aliphatic heterocycles. The summed E-state index contributed by atoms with van der Waals surface area (Å²) in [6, 6.07) is 9.85. The third-order valence-corrected chi connectivity index (χ3v) is 8.37. The van der Waals surface area contributed by atoms with Crippen molar-refractivity contribution in [3.63, 3.8) is 0 Å². The summed E-state index contributed by atoms with van der Waals surface area (Å²) in [6.45, 7) is 2.35. The van der Waals surface area contributed by atoms with Gasteiger partial charge in [0.15, 0.2) is 23.0 Å².